The highest BCUT2D eigenvalue weighted by Gasteiger charge is 2.10. The van der Waals surface area contributed by atoms with Crippen LogP contribution in [-0.2, 0) is 13.0 Å². The van der Waals surface area contributed by atoms with Crippen LogP contribution in [-0.4, -0.2) is 11.1 Å². The van der Waals surface area contributed by atoms with Crippen LogP contribution in [0.3, 0.4) is 0 Å². The third-order valence-corrected chi connectivity index (χ3v) is 3.29. The molecule has 2 nitrogen and oxygen atoms in total. The van der Waals surface area contributed by atoms with Gasteiger partial charge in [-0.25, -0.2) is 0 Å². The Bertz CT molecular complexity index is 523. The quantitative estimate of drug-likeness (QED) is 0.859. The fourth-order valence-corrected chi connectivity index (χ4v) is 2.69. The second-order valence-electron chi connectivity index (χ2n) is 4.86. The lowest BCUT2D eigenvalue weighted by atomic mass is 10.0. The number of fused-ring (bicyclic) bond motifs is 1. The molecular formula is C15H22N2. The predicted molar refractivity (Wildman–Crippen MR) is 74.5 cm³/mol. The zero-order valence-corrected chi connectivity index (χ0v) is 11.1. The summed E-state index contributed by atoms with van der Waals surface area (Å²) in [5.74, 6) is 0. The first-order chi connectivity index (χ1) is 8.17. The van der Waals surface area contributed by atoms with E-state index in [2.05, 4.69) is 43.7 Å². The minimum absolute atomic E-state index is 0.697. The van der Waals surface area contributed by atoms with Crippen LogP contribution < -0.4 is 5.73 Å². The molecule has 92 valence electrons. The highest BCUT2D eigenvalue weighted by Crippen LogP contribution is 2.27. The van der Waals surface area contributed by atoms with Gasteiger partial charge in [0.25, 0.3) is 0 Å². The number of hydrogen-bond acceptors (Lipinski definition) is 1. The minimum Gasteiger partial charge on any atom is -0.346 e. The van der Waals surface area contributed by atoms with Gasteiger partial charge in [-0.05, 0) is 43.0 Å². The van der Waals surface area contributed by atoms with Crippen molar-refractivity contribution >= 4 is 10.9 Å². The summed E-state index contributed by atoms with van der Waals surface area (Å²) in [7, 11) is 0. The Labute approximate surface area is 103 Å². The number of nitrogens with zero attached hydrogens (tertiary/aromatic N) is 1. The van der Waals surface area contributed by atoms with Gasteiger partial charge in [-0.2, -0.15) is 0 Å². The third kappa shape index (κ3) is 2.22. The average molecular weight is 230 g/mol. The summed E-state index contributed by atoms with van der Waals surface area (Å²) in [6.07, 6.45) is 4.63. The standard InChI is InChI=1S/C15H22N2/c1-4-5-13-10-17(7-6-16)14-9-11(2)8-12(3)15(13)14/h8-10H,4-7,16H2,1-3H3. The number of nitrogens with two attached hydrogens (primary N) is 1. The van der Waals surface area contributed by atoms with E-state index in [0.29, 0.717) is 6.54 Å². The molecule has 0 bridgehead atoms. The minimum atomic E-state index is 0.697. The van der Waals surface area contributed by atoms with Gasteiger partial charge in [0, 0.05) is 30.2 Å². The molecule has 0 spiro atoms. The van der Waals surface area contributed by atoms with Crippen LogP contribution >= 0.6 is 0 Å². The Morgan fingerprint density at radius 1 is 1.24 bits per heavy atom. The Morgan fingerprint density at radius 2 is 2.00 bits per heavy atom. The average Bonchev–Trinajstić information content (AvgIpc) is 2.58. The van der Waals surface area contributed by atoms with Crippen LogP contribution in [0.4, 0.5) is 0 Å². The van der Waals surface area contributed by atoms with E-state index in [0.717, 1.165) is 13.0 Å². The first kappa shape index (κ1) is 12.2. The van der Waals surface area contributed by atoms with E-state index in [1.807, 2.05) is 0 Å². The van der Waals surface area contributed by atoms with E-state index in [1.165, 1.54) is 34.0 Å². The molecule has 1 aromatic heterocycles. The molecule has 0 saturated carbocycles. The van der Waals surface area contributed by atoms with Gasteiger partial charge in [-0.15, -0.1) is 0 Å². The van der Waals surface area contributed by atoms with Crippen LogP contribution in [0.2, 0.25) is 0 Å². The summed E-state index contributed by atoms with van der Waals surface area (Å²) in [6.45, 7) is 8.20. The zero-order valence-electron chi connectivity index (χ0n) is 11.1. The third-order valence-electron chi connectivity index (χ3n) is 3.29. The number of aromatic nitrogens is 1. The SMILES string of the molecule is CCCc1cn(CCN)c2cc(C)cc(C)c12. The lowest BCUT2D eigenvalue weighted by molar-refractivity contribution is 0.730. The molecule has 2 rings (SSSR count). The van der Waals surface area contributed by atoms with Gasteiger partial charge in [-0.1, -0.05) is 19.4 Å². The van der Waals surface area contributed by atoms with Crippen LogP contribution in [0, 0.1) is 13.8 Å². The summed E-state index contributed by atoms with van der Waals surface area (Å²) in [6, 6.07) is 4.55. The molecule has 0 radical (unpaired) electrons. The van der Waals surface area contributed by atoms with Crippen molar-refractivity contribution in [1.82, 2.24) is 4.57 Å². The van der Waals surface area contributed by atoms with Gasteiger partial charge in [0.05, 0.1) is 0 Å². The van der Waals surface area contributed by atoms with Gasteiger partial charge in [0.1, 0.15) is 0 Å². The predicted octanol–water partition coefficient (Wildman–Crippen LogP) is 3.17. The lowest BCUT2D eigenvalue weighted by Gasteiger charge is -2.05. The molecule has 17 heavy (non-hydrogen) atoms. The van der Waals surface area contributed by atoms with Crippen molar-refractivity contribution in [1.29, 1.82) is 0 Å². The largest absolute Gasteiger partial charge is 0.346 e. The summed E-state index contributed by atoms with van der Waals surface area (Å²) >= 11 is 0. The summed E-state index contributed by atoms with van der Waals surface area (Å²) in [4.78, 5) is 0. The maximum atomic E-state index is 5.69. The molecule has 0 aliphatic carbocycles. The fourth-order valence-electron chi connectivity index (χ4n) is 2.69. The highest BCUT2D eigenvalue weighted by molar-refractivity contribution is 5.88. The maximum absolute atomic E-state index is 5.69. The number of benzene rings is 1. The van der Waals surface area contributed by atoms with E-state index < -0.39 is 0 Å². The molecule has 1 aromatic carbocycles. The second kappa shape index (κ2) is 4.92. The zero-order chi connectivity index (χ0) is 12.4. The van der Waals surface area contributed by atoms with Crippen molar-refractivity contribution in [3.63, 3.8) is 0 Å². The molecule has 0 amide bonds. The van der Waals surface area contributed by atoms with E-state index in [-0.39, 0.29) is 0 Å². The topological polar surface area (TPSA) is 30.9 Å². The van der Waals surface area contributed by atoms with Crippen LogP contribution in [0.1, 0.15) is 30.0 Å². The normalized spacial score (nSPS) is 11.3. The van der Waals surface area contributed by atoms with Crippen molar-refractivity contribution < 1.29 is 0 Å². The molecule has 0 aliphatic heterocycles. The summed E-state index contributed by atoms with van der Waals surface area (Å²) in [5.41, 5.74) is 11.2. The summed E-state index contributed by atoms with van der Waals surface area (Å²) < 4.78 is 2.31. The van der Waals surface area contributed by atoms with Gasteiger partial charge in [-0.3, -0.25) is 0 Å². The molecule has 2 heteroatoms. The van der Waals surface area contributed by atoms with E-state index in [4.69, 9.17) is 5.73 Å². The Kier molecular flexibility index (Phi) is 3.53. The van der Waals surface area contributed by atoms with Crippen molar-refractivity contribution in [2.75, 3.05) is 6.54 Å². The molecular weight excluding hydrogens is 208 g/mol. The fraction of sp³-hybridized carbons (Fsp3) is 0.467. The number of hydrogen-bond donors (Lipinski definition) is 1. The molecule has 0 atom stereocenters. The molecule has 0 aliphatic rings. The van der Waals surface area contributed by atoms with Gasteiger partial charge < -0.3 is 10.3 Å². The molecule has 0 unspecified atom stereocenters. The monoisotopic (exact) mass is 230 g/mol. The first-order valence-corrected chi connectivity index (χ1v) is 6.46. The smallest absolute Gasteiger partial charge is 0.0488 e. The van der Waals surface area contributed by atoms with E-state index >= 15 is 0 Å². The summed E-state index contributed by atoms with van der Waals surface area (Å²) in [5, 5.41) is 1.44. The van der Waals surface area contributed by atoms with E-state index in [9.17, 15) is 0 Å². The molecule has 0 saturated heterocycles. The van der Waals surface area contributed by atoms with Gasteiger partial charge in [0.15, 0.2) is 0 Å². The van der Waals surface area contributed by atoms with Crippen molar-refractivity contribution in [2.45, 2.75) is 40.2 Å². The molecule has 2 N–H and O–H groups in total. The number of aryl methyl sites for hydroxylation is 3. The van der Waals surface area contributed by atoms with Gasteiger partial charge in [0.2, 0.25) is 0 Å². The first-order valence-electron chi connectivity index (χ1n) is 6.46. The van der Waals surface area contributed by atoms with Crippen LogP contribution in [0.25, 0.3) is 10.9 Å². The Balaban J connectivity index is 2.67. The van der Waals surface area contributed by atoms with Crippen molar-refractivity contribution in [3.05, 3.63) is 35.0 Å². The van der Waals surface area contributed by atoms with Crippen LogP contribution in [0.15, 0.2) is 18.3 Å². The lowest BCUT2D eigenvalue weighted by Crippen LogP contribution is -2.08. The molecule has 2 aromatic rings. The maximum Gasteiger partial charge on any atom is 0.0488 e. The Hall–Kier alpha value is -1.28. The van der Waals surface area contributed by atoms with Crippen LogP contribution in [0.5, 0.6) is 0 Å². The molecule has 0 fully saturated rings. The highest BCUT2D eigenvalue weighted by atomic mass is 15.0. The molecule has 1 heterocycles. The van der Waals surface area contributed by atoms with Crippen molar-refractivity contribution in [3.8, 4) is 0 Å². The van der Waals surface area contributed by atoms with Gasteiger partial charge >= 0.3 is 0 Å². The second-order valence-corrected chi connectivity index (χ2v) is 4.86. The van der Waals surface area contributed by atoms with E-state index in [1.54, 1.807) is 0 Å². The van der Waals surface area contributed by atoms with Crippen molar-refractivity contribution in [2.24, 2.45) is 5.73 Å². The number of rotatable bonds is 4. The Morgan fingerprint density at radius 3 is 2.65 bits per heavy atom.